The van der Waals surface area contributed by atoms with Crippen molar-refractivity contribution in [3.05, 3.63) is 78.3 Å². The lowest BCUT2D eigenvalue weighted by molar-refractivity contribution is -0.139. The minimum atomic E-state index is -3.99. The zero-order valence-electron chi connectivity index (χ0n) is 18.0. The van der Waals surface area contributed by atoms with E-state index in [1.54, 1.807) is 18.3 Å². The number of benzene rings is 3. The number of aromatic nitrogens is 3. The van der Waals surface area contributed by atoms with Gasteiger partial charge in [-0.3, -0.25) is 4.72 Å². The Balaban J connectivity index is 1.52. The molecule has 0 bridgehead atoms. The van der Waals surface area contributed by atoms with Crippen molar-refractivity contribution in [2.45, 2.75) is 4.90 Å². The third-order valence-corrected chi connectivity index (χ3v) is 7.29. The van der Waals surface area contributed by atoms with Gasteiger partial charge in [-0.1, -0.05) is 18.2 Å². The fraction of sp³-hybridized carbons (Fsp3) is 0.0417. The first-order valence-corrected chi connectivity index (χ1v) is 12.7. The van der Waals surface area contributed by atoms with Crippen LogP contribution in [0.1, 0.15) is 0 Å². The van der Waals surface area contributed by atoms with Crippen molar-refractivity contribution in [3.8, 4) is 27.7 Å². The van der Waals surface area contributed by atoms with Gasteiger partial charge in [-0.2, -0.15) is 0 Å². The SMILES string of the molecule is O=C(O)COc1ccc(S(=O)(=O)Nc2cc(-c3nccs3)ccc2-c2nc3ccccc3[nH]2)cc1. The summed E-state index contributed by atoms with van der Waals surface area (Å²) >= 11 is 1.45. The number of thiazole rings is 1. The number of ether oxygens (including phenoxy) is 1. The minimum Gasteiger partial charge on any atom is -0.482 e. The van der Waals surface area contributed by atoms with Crippen LogP contribution in [0.4, 0.5) is 5.69 Å². The zero-order valence-corrected chi connectivity index (χ0v) is 19.6. The van der Waals surface area contributed by atoms with E-state index in [2.05, 4.69) is 19.7 Å². The molecule has 176 valence electrons. The van der Waals surface area contributed by atoms with Gasteiger partial charge in [0.15, 0.2) is 6.61 Å². The summed E-state index contributed by atoms with van der Waals surface area (Å²) in [6, 6.07) is 18.5. The average Bonchev–Trinajstić information content (AvgIpc) is 3.53. The van der Waals surface area contributed by atoms with Crippen LogP contribution < -0.4 is 9.46 Å². The van der Waals surface area contributed by atoms with E-state index in [9.17, 15) is 13.2 Å². The Morgan fingerprint density at radius 2 is 1.89 bits per heavy atom. The number of nitrogens with one attached hydrogen (secondary N) is 2. The highest BCUT2D eigenvalue weighted by atomic mass is 32.2. The molecule has 0 saturated carbocycles. The number of hydrogen-bond donors (Lipinski definition) is 3. The van der Waals surface area contributed by atoms with Gasteiger partial charge in [-0.05, 0) is 48.5 Å². The lowest BCUT2D eigenvalue weighted by Crippen LogP contribution is -2.14. The smallest absolute Gasteiger partial charge is 0.341 e. The molecule has 0 radical (unpaired) electrons. The molecule has 11 heteroatoms. The van der Waals surface area contributed by atoms with Crippen LogP contribution in [-0.4, -0.2) is 41.1 Å². The number of para-hydroxylation sites is 2. The van der Waals surface area contributed by atoms with Crippen LogP contribution in [-0.2, 0) is 14.8 Å². The molecular formula is C24H18N4O5S2. The fourth-order valence-electron chi connectivity index (χ4n) is 3.48. The second kappa shape index (κ2) is 9.20. The number of carboxylic acid groups (broad SMARTS) is 1. The number of aliphatic carboxylic acids is 1. The molecule has 0 spiro atoms. The summed E-state index contributed by atoms with van der Waals surface area (Å²) in [6.07, 6.45) is 1.69. The average molecular weight is 507 g/mol. The molecule has 0 aliphatic heterocycles. The quantitative estimate of drug-likeness (QED) is 0.280. The summed E-state index contributed by atoms with van der Waals surface area (Å²) in [5.41, 5.74) is 3.26. The molecule has 0 saturated heterocycles. The van der Waals surface area contributed by atoms with Gasteiger partial charge < -0.3 is 14.8 Å². The van der Waals surface area contributed by atoms with Crippen LogP contribution in [0.2, 0.25) is 0 Å². The number of fused-ring (bicyclic) bond motifs is 1. The number of anilines is 1. The van der Waals surface area contributed by atoms with E-state index >= 15 is 0 Å². The Morgan fingerprint density at radius 3 is 2.60 bits per heavy atom. The van der Waals surface area contributed by atoms with Gasteiger partial charge in [0, 0.05) is 22.7 Å². The first kappa shape index (κ1) is 22.6. The van der Waals surface area contributed by atoms with Crippen LogP contribution in [0.3, 0.4) is 0 Å². The van der Waals surface area contributed by atoms with Crippen LogP contribution in [0, 0.1) is 0 Å². The molecule has 35 heavy (non-hydrogen) atoms. The van der Waals surface area contributed by atoms with E-state index in [0.29, 0.717) is 17.1 Å². The summed E-state index contributed by atoms with van der Waals surface area (Å²) in [7, 11) is -3.99. The largest absolute Gasteiger partial charge is 0.482 e. The lowest BCUT2D eigenvalue weighted by Gasteiger charge is -2.13. The Hall–Kier alpha value is -4.22. The summed E-state index contributed by atoms with van der Waals surface area (Å²) in [5.74, 6) is -0.353. The van der Waals surface area contributed by atoms with E-state index in [4.69, 9.17) is 9.84 Å². The van der Waals surface area contributed by atoms with Crippen LogP contribution in [0.5, 0.6) is 5.75 Å². The van der Waals surface area contributed by atoms with Crippen molar-refractivity contribution in [2.75, 3.05) is 11.3 Å². The first-order valence-electron chi connectivity index (χ1n) is 10.4. The number of sulfonamides is 1. The van der Waals surface area contributed by atoms with E-state index in [0.717, 1.165) is 21.6 Å². The van der Waals surface area contributed by atoms with Crippen LogP contribution in [0.25, 0.3) is 33.0 Å². The van der Waals surface area contributed by atoms with Crippen molar-refractivity contribution in [1.82, 2.24) is 15.0 Å². The third-order valence-electron chi connectivity index (χ3n) is 5.08. The Bertz CT molecular complexity index is 1580. The van der Waals surface area contributed by atoms with Crippen LogP contribution >= 0.6 is 11.3 Å². The molecule has 3 N–H and O–H groups in total. The highest BCUT2D eigenvalue weighted by Crippen LogP contribution is 2.34. The van der Waals surface area contributed by atoms with E-state index < -0.39 is 22.6 Å². The van der Waals surface area contributed by atoms with E-state index in [1.165, 1.54) is 35.6 Å². The minimum absolute atomic E-state index is 0.00428. The molecule has 0 unspecified atom stereocenters. The Labute approximate surface area is 204 Å². The summed E-state index contributed by atoms with van der Waals surface area (Å²) < 4.78 is 34.2. The molecule has 9 nitrogen and oxygen atoms in total. The van der Waals surface area contributed by atoms with Crippen molar-refractivity contribution in [2.24, 2.45) is 0 Å². The van der Waals surface area contributed by atoms with Gasteiger partial charge in [0.2, 0.25) is 0 Å². The van der Waals surface area contributed by atoms with Gasteiger partial charge in [0.05, 0.1) is 21.6 Å². The normalized spacial score (nSPS) is 11.4. The molecule has 0 aliphatic rings. The highest BCUT2D eigenvalue weighted by Gasteiger charge is 2.20. The predicted molar refractivity (Wildman–Crippen MR) is 133 cm³/mol. The topological polar surface area (TPSA) is 134 Å². The number of imidazole rings is 1. The number of carboxylic acids is 1. The molecule has 0 aliphatic carbocycles. The summed E-state index contributed by atoms with van der Waals surface area (Å²) in [6.45, 7) is -0.519. The molecule has 2 heterocycles. The summed E-state index contributed by atoms with van der Waals surface area (Å²) in [5, 5.41) is 11.3. The van der Waals surface area contributed by atoms with Crippen molar-refractivity contribution >= 4 is 44.1 Å². The van der Waals surface area contributed by atoms with Gasteiger partial charge in [-0.25, -0.2) is 23.2 Å². The number of aromatic amines is 1. The van der Waals surface area contributed by atoms with Gasteiger partial charge in [0.25, 0.3) is 10.0 Å². The van der Waals surface area contributed by atoms with E-state index in [1.807, 2.05) is 35.7 Å². The molecule has 0 fully saturated rings. The molecule has 2 aromatic heterocycles. The van der Waals surface area contributed by atoms with Crippen LogP contribution in [0.15, 0.2) is 83.2 Å². The Morgan fingerprint density at radius 1 is 1.09 bits per heavy atom. The third kappa shape index (κ3) is 4.86. The monoisotopic (exact) mass is 506 g/mol. The maximum Gasteiger partial charge on any atom is 0.341 e. The van der Waals surface area contributed by atoms with Gasteiger partial charge in [-0.15, -0.1) is 11.3 Å². The second-order valence-corrected chi connectivity index (χ2v) is 10.0. The molecule has 3 aromatic carbocycles. The Kier molecular flexibility index (Phi) is 5.93. The maximum atomic E-state index is 13.2. The van der Waals surface area contributed by atoms with E-state index in [-0.39, 0.29) is 10.6 Å². The molecule has 0 amide bonds. The number of nitrogens with zero attached hydrogens (tertiary/aromatic N) is 2. The van der Waals surface area contributed by atoms with Crippen molar-refractivity contribution in [3.63, 3.8) is 0 Å². The highest BCUT2D eigenvalue weighted by molar-refractivity contribution is 7.92. The number of rotatable bonds is 8. The molecular weight excluding hydrogens is 488 g/mol. The fourth-order valence-corrected chi connectivity index (χ4v) is 5.18. The number of hydrogen-bond acceptors (Lipinski definition) is 7. The zero-order chi connectivity index (χ0) is 24.4. The van der Waals surface area contributed by atoms with Crippen molar-refractivity contribution < 1.29 is 23.1 Å². The first-order chi connectivity index (χ1) is 16.9. The van der Waals surface area contributed by atoms with Gasteiger partial charge in [0.1, 0.15) is 16.6 Å². The lowest BCUT2D eigenvalue weighted by atomic mass is 10.1. The standard InChI is InChI=1S/C24H18N4O5S2/c29-22(30)14-33-16-6-8-17(9-7-16)35(31,32)28-21-13-15(24-25-11-12-34-24)5-10-18(21)23-26-19-3-1-2-4-20(19)27-23/h1-13,28H,14H2,(H,26,27)(H,29,30). The second-order valence-electron chi connectivity index (χ2n) is 7.46. The summed E-state index contributed by atoms with van der Waals surface area (Å²) in [4.78, 5) is 22.9. The number of H-pyrrole nitrogens is 1. The molecule has 5 aromatic rings. The van der Waals surface area contributed by atoms with Gasteiger partial charge >= 0.3 is 5.97 Å². The van der Waals surface area contributed by atoms with Crippen molar-refractivity contribution in [1.29, 1.82) is 0 Å². The maximum absolute atomic E-state index is 13.2. The predicted octanol–water partition coefficient (Wildman–Crippen LogP) is 4.62. The molecule has 0 atom stereocenters. The molecule has 5 rings (SSSR count). The number of carbonyl (C=O) groups is 1.